The lowest BCUT2D eigenvalue weighted by atomic mass is 9.12. The summed E-state index contributed by atoms with van der Waals surface area (Å²) in [4.78, 5) is 24.8. The van der Waals surface area contributed by atoms with Crippen molar-refractivity contribution in [1.82, 2.24) is 4.98 Å². The van der Waals surface area contributed by atoms with Crippen LogP contribution in [-0.4, -0.2) is 28.8 Å². The Balaban J connectivity index is 0.000000455. The van der Waals surface area contributed by atoms with Crippen LogP contribution in [-0.2, 0) is 60.7 Å². The zero-order chi connectivity index (χ0) is 58.3. The van der Waals surface area contributed by atoms with Crippen LogP contribution in [0.25, 0.3) is 0 Å². The molecule has 77 heavy (non-hydrogen) atoms. The number of rotatable bonds is 9. The highest BCUT2D eigenvalue weighted by Gasteiger charge is 2.47. The third-order valence-corrected chi connectivity index (χ3v) is 10.9. The first kappa shape index (κ1) is 60.3. The number of nitro groups is 1. The molecule has 0 atom stereocenters. The molecule has 7 nitrogen and oxygen atoms in total. The molecular weight excluding hydrogens is 1110 g/mol. The van der Waals surface area contributed by atoms with E-state index in [0.717, 1.165) is 5.56 Å². The van der Waals surface area contributed by atoms with Crippen LogP contribution in [0.15, 0.2) is 122 Å². The molecule has 0 bridgehead atoms. The normalized spacial score (nSPS) is 13.2. The lowest BCUT2D eigenvalue weighted by molar-refractivity contribution is -0.689. The number of hydrogen-bond donors (Lipinski definition) is 0. The summed E-state index contributed by atoms with van der Waals surface area (Å²) in [5, 5.41) is 10.1. The maximum Gasteiger partial charge on any atom is 0.416 e. The van der Waals surface area contributed by atoms with E-state index in [0.29, 0.717) is 6.54 Å². The van der Waals surface area contributed by atoms with Crippen LogP contribution < -0.4 is 26.4 Å². The van der Waals surface area contributed by atoms with Crippen molar-refractivity contribution in [2.75, 3.05) is 6.73 Å². The minimum atomic E-state index is -6.13. The van der Waals surface area contributed by atoms with Gasteiger partial charge in [-0.1, -0.05) is 78.9 Å². The molecule has 0 aliphatic heterocycles. The van der Waals surface area contributed by atoms with Gasteiger partial charge in [0.2, 0.25) is 11.9 Å². The molecule has 0 fully saturated rings. The van der Waals surface area contributed by atoms with E-state index in [1.165, 1.54) is 12.4 Å². The highest BCUT2D eigenvalue weighted by molar-refractivity contribution is 7.20. The number of benzene rings is 5. The maximum atomic E-state index is 14.2. The molecule has 5 aromatic carbocycles. The molecule has 0 unspecified atom stereocenters. The number of esters is 1. The summed E-state index contributed by atoms with van der Waals surface area (Å²) in [6, 6.07) is 0.860. The summed E-state index contributed by atoms with van der Waals surface area (Å²) < 4.78 is 347. The molecule has 6 rings (SSSR count). The Hall–Kier alpha value is -7.57. The van der Waals surface area contributed by atoms with Gasteiger partial charge < -0.3 is 4.74 Å². The number of nitrogens with zero attached hydrogens (tertiary/aromatic N) is 3. The summed E-state index contributed by atoms with van der Waals surface area (Å²) in [6.07, 6.45) is -50.2. The van der Waals surface area contributed by atoms with E-state index in [-0.39, 0.29) is 5.69 Å². The first-order valence-corrected chi connectivity index (χ1v) is 20.4. The summed E-state index contributed by atoms with van der Waals surface area (Å²) >= 11 is 0. The number of aromatic nitrogens is 2. The van der Waals surface area contributed by atoms with Crippen molar-refractivity contribution in [3.05, 3.63) is 188 Å². The number of carbonyl (C=O) groups excluding carboxylic acids is 1. The van der Waals surface area contributed by atoms with Crippen LogP contribution in [0.5, 0.6) is 0 Å². The lowest BCUT2D eigenvalue weighted by Gasteiger charge is -2.46. The average Bonchev–Trinajstić information content (AvgIpc) is 3.29. The van der Waals surface area contributed by atoms with E-state index >= 15 is 0 Å². The van der Waals surface area contributed by atoms with E-state index in [2.05, 4.69) is 9.72 Å². The second-order valence-corrected chi connectivity index (χ2v) is 16.2. The fourth-order valence-electron chi connectivity index (χ4n) is 7.69. The van der Waals surface area contributed by atoms with Crippen LogP contribution in [0, 0.1) is 10.1 Å². The van der Waals surface area contributed by atoms with E-state index < -0.39 is 212 Å². The van der Waals surface area contributed by atoms with Gasteiger partial charge in [-0.15, -0.1) is 0 Å². The van der Waals surface area contributed by atoms with E-state index in [9.17, 15) is 120 Å². The summed E-state index contributed by atoms with van der Waals surface area (Å²) in [7, 11) is 0. The highest BCUT2D eigenvalue weighted by Crippen LogP contribution is 2.41. The second kappa shape index (κ2) is 21.1. The highest BCUT2D eigenvalue weighted by atomic mass is 19.4. The van der Waals surface area contributed by atoms with Gasteiger partial charge in [-0.25, -0.2) is 9.78 Å². The van der Waals surface area contributed by atoms with Gasteiger partial charge in [0.25, 0.3) is 0 Å². The van der Waals surface area contributed by atoms with Crippen LogP contribution >= 0.6 is 0 Å². The van der Waals surface area contributed by atoms with Gasteiger partial charge in [0, 0.05) is 5.56 Å². The zero-order valence-electron chi connectivity index (χ0n) is 37.1. The molecule has 0 aliphatic carbocycles. The van der Waals surface area contributed by atoms with Crippen molar-refractivity contribution < 1.29 is 124 Å². The maximum absolute atomic E-state index is 14.2. The molecule has 6 aromatic rings. The Morgan fingerprint density at radius 1 is 0.468 bits per heavy atom. The fraction of sp³-hybridized carbons (Fsp3) is 0.222. The Morgan fingerprint density at radius 2 is 0.740 bits per heavy atom. The number of alkyl halides is 24. The van der Waals surface area contributed by atoms with Crippen molar-refractivity contribution in [3.8, 4) is 0 Å². The molecular formula is C45H24BF24N3O4. The molecule has 0 aliphatic rings. The van der Waals surface area contributed by atoms with E-state index in [1.807, 2.05) is 30.3 Å². The minimum absolute atomic E-state index is 0.0327. The predicted octanol–water partition coefficient (Wildman–Crippen LogP) is 12.0. The summed E-state index contributed by atoms with van der Waals surface area (Å²) in [5.41, 5.74) is -29.1. The molecule has 1 aromatic heterocycles. The Morgan fingerprint density at radius 3 is 0.987 bits per heavy atom. The van der Waals surface area contributed by atoms with Crippen molar-refractivity contribution in [3.63, 3.8) is 0 Å². The van der Waals surface area contributed by atoms with Crippen LogP contribution in [0.2, 0.25) is 0 Å². The topological polar surface area (TPSA) is 86.2 Å². The lowest BCUT2D eigenvalue weighted by Crippen LogP contribution is -2.75. The number of ether oxygens (including phenoxy) is 1. The quantitative estimate of drug-likeness (QED) is 0.0274. The monoisotopic (exact) mass is 1140 g/mol. The second-order valence-electron chi connectivity index (χ2n) is 16.2. The first-order valence-electron chi connectivity index (χ1n) is 20.4. The van der Waals surface area contributed by atoms with Crippen molar-refractivity contribution >= 4 is 34.0 Å². The van der Waals surface area contributed by atoms with Gasteiger partial charge in [-0.3, -0.25) is 10.1 Å². The van der Waals surface area contributed by atoms with E-state index in [1.54, 1.807) is 10.8 Å². The Kier molecular flexibility index (Phi) is 16.5. The van der Waals surface area contributed by atoms with Crippen molar-refractivity contribution in [2.45, 2.75) is 56.0 Å². The average molecular weight is 1140 g/mol. The number of carbonyl (C=O) groups is 1. The minimum Gasteiger partial charge on any atom is -0.395 e. The van der Waals surface area contributed by atoms with Crippen molar-refractivity contribution in [1.29, 1.82) is 0 Å². The molecule has 32 heteroatoms. The molecule has 0 saturated heterocycles. The summed E-state index contributed by atoms with van der Waals surface area (Å²) in [5.74, 6) is -0.816. The Bertz CT molecular complexity index is 2690. The van der Waals surface area contributed by atoms with Crippen LogP contribution in [0.4, 0.5) is 105 Å². The van der Waals surface area contributed by atoms with Gasteiger partial charge in [-0.2, -0.15) is 132 Å². The van der Waals surface area contributed by atoms with Gasteiger partial charge in [0.15, 0.2) is 12.7 Å². The van der Waals surface area contributed by atoms with Gasteiger partial charge in [0.1, 0.15) is 6.15 Å². The molecule has 0 spiro atoms. The molecule has 1 heterocycles. The zero-order valence-corrected chi connectivity index (χ0v) is 37.1. The largest absolute Gasteiger partial charge is 0.416 e. The van der Waals surface area contributed by atoms with E-state index in [4.69, 9.17) is 0 Å². The smallest absolute Gasteiger partial charge is 0.395 e. The van der Waals surface area contributed by atoms with Crippen LogP contribution in [0.3, 0.4) is 0 Å². The van der Waals surface area contributed by atoms with Gasteiger partial charge in [-0.05, 0) is 24.3 Å². The molecule has 0 radical (unpaired) electrons. The molecule has 0 saturated carbocycles. The number of hydrogen-bond acceptors (Lipinski definition) is 5. The molecule has 414 valence electrons. The van der Waals surface area contributed by atoms with Crippen molar-refractivity contribution in [2.24, 2.45) is 0 Å². The predicted molar refractivity (Wildman–Crippen MR) is 217 cm³/mol. The Labute approximate surface area is 413 Å². The third-order valence-electron chi connectivity index (χ3n) is 10.9. The SMILES string of the molecule is FC(F)(F)c1cc([B-](c2cc(C(F)(F)F)cc(C(F)(F)F)c2)(c2cc(C(F)(F)F)cc(C(F)(F)F)c2)c2cc(C(F)(F)F)cc(C(F)(F)F)c2)cc(C(F)(F)F)c1.O=C(OC[N+](=O)[O-])c1c[n+](Cc2ccccc2)ccn1. The van der Waals surface area contributed by atoms with Gasteiger partial charge >= 0.3 is 62.1 Å². The standard InChI is InChI=1S/C32H12BF24.C13H12N3O4/c34-25(35,36)13-1-14(26(37,38)39)6-21(5-13)33(22-7-15(27(40,41)42)2-16(8-22)28(43,44)45,23-9-17(29(46,47)48)3-18(10-23)30(49,50)51)24-11-19(31(52,53)54)4-20(12-24)32(55,56)57;17-13(20-10-16(18)19)12-9-15(7-6-14-12)8-11-4-2-1-3-5-11/h1-12H;1-7,9H,8,10H2/q-1;+1. The molecule has 0 N–H and O–H groups in total. The third kappa shape index (κ3) is 14.7. The van der Waals surface area contributed by atoms with Crippen LogP contribution in [0.1, 0.15) is 60.6 Å². The number of halogens is 24. The fourth-order valence-corrected chi connectivity index (χ4v) is 7.69. The van der Waals surface area contributed by atoms with Gasteiger partial charge in [0.05, 0.1) is 55.6 Å². The summed E-state index contributed by atoms with van der Waals surface area (Å²) in [6.45, 7) is -0.299. The molecule has 0 amide bonds. The first-order chi connectivity index (χ1) is 34.9.